The largest absolute Gasteiger partial charge is 0.342 e. The number of nitrogens with zero attached hydrogens (tertiary/aromatic N) is 1. The number of hydrogen-bond acceptors (Lipinski definition) is 4. The summed E-state index contributed by atoms with van der Waals surface area (Å²) in [6.45, 7) is 4.64. The molecule has 2 aromatic rings. The lowest BCUT2D eigenvalue weighted by Gasteiger charge is -2.20. The van der Waals surface area contributed by atoms with Crippen molar-refractivity contribution < 1.29 is 9.59 Å². The van der Waals surface area contributed by atoms with E-state index < -0.39 is 0 Å². The quantitative estimate of drug-likeness (QED) is 0.725. The van der Waals surface area contributed by atoms with Crippen molar-refractivity contribution in [2.45, 2.75) is 6.54 Å². The maximum atomic E-state index is 12.3. The van der Waals surface area contributed by atoms with E-state index in [1.807, 2.05) is 23.6 Å². The molecule has 0 aliphatic rings. The fourth-order valence-electron chi connectivity index (χ4n) is 1.79. The molecule has 0 bridgehead atoms. The normalized spacial score (nSPS) is 10.2. The number of halogens is 1. The first-order valence-electron chi connectivity index (χ1n) is 6.54. The predicted octanol–water partition coefficient (Wildman–Crippen LogP) is 3.52. The van der Waals surface area contributed by atoms with Gasteiger partial charge in [-0.25, -0.2) is 0 Å². The average molecular weight is 399 g/mol. The summed E-state index contributed by atoms with van der Waals surface area (Å²) in [6.07, 6.45) is 1.68. The van der Waals surface area contributed by atoms with Crippen LogP contribution in [0.15, 0.2) is 46.1 Å². The van der Waals surface area contributed by atoms with Crippen LogP contribution in [0.25, 0.3) is 0 Å². The molecule has 0 saturated heterocycles. The van der Waals surface area contributed by atoms with E-state index in [0.29, 0.717) is 18.0 Å². The topological polar surface area (TPSA) is 49.4 Å². The number of carbonyl (C=O) groups is 2. The van der Waals surface area contributed by atoms with E-state index in [2.05, 4.69) is 27.8 Å². The minimum Gasteiger partial charge on any atom is -0.342 e. The molecule has 0 unspecified atom stereocenters. The highest BCUT2D eigenvalue weighted by molar-refractivity contribution is 9.11. The Morgan fingerprint density at radius 3 is 2.77 bits per heavy atom. The molecule has 7 heteroatoms. The van der Waals surface area contributed by atoms with Crippen molar-refractivity contribution in [3.8, 4) is 0 Å². The van der Waals surface area contributed by atoms with E-state index in [9.17, 15) is 9.59 Å². The molecule has 0 spiro atoms. The predicted molar refractivity (Wildman–Crippen MR) is 94.3 cm³/mol. The molecule has 2 rings (SSSR count). The highest BCUT2D eigenvalue weighted by atomic mass is 79.9. The van der Waals surface area contributed by atoms with Crippen LogP contribution >= 0.6 is 38.6 Å². The van der Waals surface area contributed by atoms with Crippen molar-refractivity contribution in [1.29, 1.82) is 0 Å². The third-order valence-electron chi connectivity index (χ3n) is 2.83. The van der Waals surface area contributed by atoms with Crippen molar-refractivity contribution in [2.24, 2.45) is 0 Å². The fraction of sp³-hybridized carbons (Fsp3) is 0.200. The molecule has 0 aromatic carbocycles. The van der Waals surface area contributed by atoms with Crippen LogP contribution in [-0.2, 0) is 11.3 Å². The molecule has 0 radical (unpaired) electrons. The van der Waals surface area contributed by atoms with E-state index in [0.717, 1.165) is 8.66 Å². The zero-order valence-electron chi connectivity index (χ0n) is 11.8. The Bertz CT molecular complexity index is 652. The van der Waals surface area contributed by atoms with Gasteiger partial charge >= 0.3 is 0 Å². The number of nitrogens with one attached hydrogen (secondary N) is 1. The number of carbonyl (C=O) groups excluding carboxylic acids is 2. The van der Waals surface area contributed by atoms with Gasteiger partial charge in [0.2, 0.25) is 5.91 Å². The summed E-state index contributed by atoms with van der Waals surface area (Å²) in [5, 5.41) is 4.63. The Kier molecular flexibility index (Phi) is 6.35. The summed E-state index contributed by atoms with van der Waals surface area (Å²) in [7, 11) is 0. The van der Waals surface area contributed by atoms with Gasteiger partial charge in [-0.15, -0.1) is 29.3 Å². The van der Waals surface area contributed by atoms with E-state index >= 15 is 0 Å². The van der Waals surface area contributed by atoms with Gasteiger partial charge in [0.1, 0.15) is 0 Å². The zero-order chi connectivity index (χ0) is 15.9. The lowest BCUT2D eigenvalue weighted by atomic mass is 10.3. The summed E-state index contributed by atoms with van der Waals surface area (Å²) in [5.74, 6) is -0.365. The summed E-state index contributed by atoms with van der Waals surface area (Å²) in [5.41, 5.74) is 0. The van der Waals surface area contributed by atoms with Crippen LogP contribution < -0.4 is 5.32 Å². The maximum Gasteiger partial charge on any atom is 0.261 e. The Balaban J connectivity index is 1.90. The highest BCUT2D eigenvalue weighted by Crippen LogP contribution is 2.21. The Morgan fingerprint density at radius 2 is 2.18 bits per heavy atom. The number of thiophene rings is 2. The zero-order valence-corrected chi connectivity index (χ0v) is 15.0. The van der Waals surface area contributed by atoms with Gasteiger partial charge in [-0.05, 0) is 39.5 Å². The fourth-order valence-corrected chi connectivity index (χ4v) is 3.81. The number of amides is 2. The Hall–Kier alpha value is -1.44. The van der Waals surface area contributed by atoms with E-state index in [1.54, 1.807) is 28.4 Å². The molecule has 1 N–H and O–H groups in total. The molecular weight excluding hydrogens is 384 g/mol. The molecule has 0 fully saturated rings. The lowest BCUT2D eigenvalue weighted by molar-refractivity contribution is -0.130. The minimum atomic E-state index is -0.237. The summed E-state index contributed by atoms with van der Waals surface area (Å²) in [6, 6.07) is 7.46. The summed E-state index contributed by atoms with van der Waals surface area (Å²) < 4.78 is 0.884. The lowest BCUT2D eigenvalue weighted by Crippen LogP contribution is -2.39. The highest BCUT2D eigenvalue weighted by Gasteiger charge is 2.15. The molecular formula is C15H15BrN2O2S2. The Morgan fingerprint density at radius 1 is 1.36 bits per heavy atom. The van der Waals surface area contributed by atoms with E-state index in [1.165, 1.54) is 11.3 Å². The van der Waals surface area contributed by atoms with Crippen LogP contribution in [0.5, 0.6) is 0 Å². The Labute approximate surface area is 145 Å². The first-order valence-corrected chi connectivity index (χ1v) is 9.03. The van der Waals surface area contributed by atoms with Crippen LogP contribution in [0, 0.1) is 0 Å². The van der Waals surface area contributed by atoms with Crippen LogP contribution in [0.1, 0.15) is 14.5 Å². The van der Waals surface area contributed by atoms with Gasteiger partial charge in [0, 0.05) is 11.4 Å². The third kappa shape index (κ3) is 4.79. The second-order valence-electron chi connectivity index (χ2n) is 4.43. The smallest absolute Gasteiger partial charge is 0.261 e. The van der Waals surface area contributed by atoms with Crippen molar-refractivity contribution in [2.75, 3.05) is 13.1 Å². The molecule has 22 heavy (non-hydrogen) atoms. The van der Waals surface area contributed by atoms with E-state index in [4.69, 9.17) is 0 Å². The molecule has 0 saturated carbocycles. The molecule has 116 valence electrons. The molecule has 0 aliphatic heterocycles. The van der Waals surface area contributed by atoms with Crippen molar-refractivity contribution in [3.05, 3.63) is 55.8 Å². The van der Waals surface area contributed by atoms with Crippen molar-refractivity contribution in [1.82, 2.24) is 10.2 Å². The van der Waals surface area contributed by atoms with Gasteiger partial charge in [0.15, 0.2) is 0 Å². The molecule has 0 aliphatic carbocycles. The minimum absolute atomic E-state index is 0.0203. The third-order valence-corrected chi connectivity index (χ3v) is 5.31. The van der Waals surface area contributed by atoms with Gasteiger partial charge in [0.05, 0.1) is 21.8 Å². The number of rotatable bonds is 7. The molecule has 2 aromatic heterocycles. The van der Waals surface area contributed by atoms with Crippen LogP contribution in [0.3, 0.4) is 0 Å². The maximum absolute atomic E-state index is 12.3. The summed E-state index contributed by atoms with van der Waals surface area (Å²) >= 11 is 6.25. The molecule has 2 heterocycles. The summed E-state index contributed by atoms with van der Waals surface area (Å²) in [4.78, 5) is 27.6. The second-order valence-corrected chi connectivity index (χ2v) is 7.92. The van der Waals surface area contributed by atoms with Gasteiger partial charge in [-0.2, -0.15) is 0 Å². The van der Waals surface area contributed by atoms with Crippen LogP contribution in [0.2, 0.25) is 0 Å². The first kappa shape index (κ1) is 16.9. The van der Waals surface area contributed by atoms with E-state index in [-0.39, 0.29) is 18.4 Å². The molecule has 0 atom stereocenters. The van der Waals surface area contributed by atoms with Gasteiger partial charge in [-0.1, -0.05) is 12.1 Å². The standard InChI is InChI=1S/C15H15BrN2O2S2/c1-2-7-18(10-11-4-3-8-21-11)14(19)9-17-15(20)12-5-6-13(16)22-12/h2-6,8H,1,7,9-10H2,(H,17,20). The van der Waals surface area contributed by atoms with Crippen LogP contribution in [0.4, 0.5) is 0 Å². The monoisotopic (exact) mass is 398 g/mol. The number of hydrogen-bond donors (Lipinski definition) is 1. The second kappa shape index (κ2) is 8.26. The average Bonchev–Trinajstić information content (AvgIpc) is 3.15. The van der Waals surface area contributed by atoms with Gasteiger partial charge in [0.25, 0.3) is 5.91 Å². The molecule has 4 nitrogen and oxygen atoms in total. The van der Waals surface area contributed by atoms with Gasteiger partial charge < -0.3 is 10.2 Å². The molecule has 2 amide bonds. The van der Waals surface area contributed by atoms with Crippen LogP contribution in [-0.4, -0.2) is 29.8 Å². The first-order chi connectivity index (χ1) is 10.6. The van der Waals surface area contributed by atoms with Crippen molar-refractivity contribution >= 4 is 50.4 Å². The van der Waals surface area contributed by atoms with Crippen molar-refractivity contribution in [3.63, 3.8) is 0 Å². The van der Waals surface area contributed by atoms with Gasteiger partial charge in [-0.3, -0.25) is 9.59 Å². The SMILES string of the molecule is C=CCN(Cc1cccs1)C(=O)CNC(=O)c1ccc(Br)s1.